The summed E-state index contributed by atoms with van der Waals surface area (Å²) < 4.78 is 11.4. The van der Waals surface area contributed by atoms with Crippen LogP contribution in [-0.4, -0.2) is 86.0 Å². The van der Waals surface area contributed by atoms with Crippen LogP contribution in [0.5, 0.6) is 0 Å². The van der Waals surface area contributed by atoms with Crippen molar-refractivity contribution in [2.45, 2.75) is 85.7 Å². The zero-order valence-corrected chi connectivity index (χ0v) is 23.8. The number of fused-ring (bicyclic) bond motifs is 4. The molecule has 2 heterocycles. The number of ether oxygens (including phenoxy) is 2. The first-order valence-electron chi connectivity index (χ1n) is 14.2. The van der Waals surface area contributed by atoms with Gasteiger partial charge in [-0.25, -0.2) is 0 Å². The van der Waals surface area contributed by atoms with E-state index in [2.05, 4.69) is 59.1 Å². The lowest BCUT2D eigenvalue weighted by atomic mass is 9.68. The van der Waals surface area contributed by atoms with Crippen molar-refractivity contribution in [1.82, 2.24) is 9.80 Å². The molecule has 0 radical (unpaired) electrons. The SMILES string of the molecule is C.CC1(C)C2CCC1(CSSCC13CCC(CC1N1CCOCC1)C3(C)C)C(N1CCOCC1)C2. The molecule has 0 aromatic carbocycles. The molecule has 4 saturated carbocycles. The van der Waals surface area contributed by atoms with Gasteiger partial charge in [0, 0.05) is 60.6 Å². The van der Waals surface area contributed by atoms with Gasteiger partial charge in [0.2, 0.25) is 0 Å². The summed E-state index contributed by atoms with van der Waals surface area (Å²) >= 11 is 0. The second kappa shape index (κ2) is 9.93. The Balaban J connectivity index is 0.00000253. The van der Waals surface area contributed by atoms with Gasteiger partial charge in [0.05, 0.1) is 26.4 Å². The molecule has 6 unspecified atom stereocenters. The third-order valence-corrected chi connectivity index (χ3v) is 15.1. The maximum absolute atomic E-state index is 5.72. The molecule has 6 aliphatic rings. The molecule has 6 atom stereocenters. The molecule has 0 N–H and O–H groups in total. The molecule has 2 saturated heterocycles. The molecule has 35 heavy (non-hydrogen) atoms. The first-order valence-corrected chi connectivity index (χ1v) is 16.7. The van der Waals surface area contributed by atoms with Crippen LogP contribution in [0.3, 0.4) is 0 Å². The minimum Gasteiger partial charge on any atom is -0.379 e. The van der Waals surface area contributed by atoms with E-state index in [-0.39, 0.29) is 7.43 Å². The van der Waals surface area contributed by atoms with Crippen molar-refractivity contribution >= 4 is 21.6 Å². The van der Waals surface area contributed by atoms with Crippen LogP contribution in [-0.2, 0) is 9.47 Å². The zero-order valence-electron chi connectivity index (χ0n) is 22.2. The van der Waals surface area contributed by atoms with Crippen LogP contribution in [0.25, 0.3) is 0 Å². The van der Waals surface area contributed by atoms with Gasteiger partial charge in [0.25, 0.3) is 0 Å². The summed E-state index contributed by atoms with van der Waals surface area (Å²) in [4.78, 5) is 5.65. The van der Waals surface area contributed by atoms with Crippen LogP contribution in [0.15, 0.2) is 0 Å². The normalized spacial score (nSPS) is 44.6. The number of rotatable bonds is 7. The molecule has 0 aromatic rings. The highest BCUT2D eigenvalue weighted by molar-refractivity contribution is 8.76. The molecule has 6 fully saturated rings. The summed E-state index contributed by atoms with van der Waals surface area (Å²) in [5, 5.41) is 0. The molecule has 0 aromatic heterocycles. The Morgan fingerprint density at radius 3 is 1.37 bits per heavy atom. The van der Waals surface area contributed by atoms with Gasteiger partial charge in [-0.2, -0.15) is 0 Å². The summed E-state index contributed by atoms with van der Waals surface area (Å²) in [6, 6.07) is 1.55. The second-order valence-corrected chi connectivity index (χ2v) is 16.0. The lowest BCUT2D eigenvalue weighted by Gasteiger charge is -2.49. The maximum Gasteiger partial charge on any atom is 0.0594 e. The van der Waals surface area contributed by atoms with Crippen molar-refractivity contribution in [2.24, 2.45) is 33.5 Å². The molecule has 202 valence electrons. The van der Waals surface area contributed by atoms with Crippen LogP contribution < -0.4 is 0 Å². The monoisotopic (exact) mass is 524 g/mol. The van der Waals surface area contributed by atoms with E-state index in [4.69, 9.17) is 9.47 Å². The lowest BCUT2D eigenvalue weighted by Crippen LogP contribution is -2.54. The Labute approximate surface area is 223 Å². The van der Waals surface area contributed by atoms with E-state index >= 15 is 0 Å². The van der Waals surface area contributed by atoms with Crippen molar-refractivity contribution in [1.29, 1.82) is 0 Å². The summed E-state index contributed by atoms with van der Waals surface area (Å²) in [6.45, 7) is 18.8. The number of hydrogen-bond acceptors (Lipinski definition) is 6. The summed E-state index contributed by atoms with van der Waals surface area (Å²) in [6.07, 6.45) is 8.64. The van der Waals surface area contributed by atoms with Gasteiger partial charge in [0.15, 0.2) is 0 Å². The van der Waals surface area contributed by atoms with Crippen molar-refractivity contribution in [2.75, 3.05) is 64.1 Å². The second-order valence-electron chi connectivity index (χ2n) is 13.6. The summed E-state index contributed by atoms with van der Waals surface area (Å²) in [5.41, 5.74) is 1.92. The average Bonchev–Trinajstić information content (AvgIpc) is 3.42. The van der Waals surface area contributed by atoms with Gasteiger partial charge in [-0.05, 0) is 61.2 Å². The van der Waals surface area contributed by atoms with E-state index in [1.165, 1.54) is 50.0 Å². The molecular formula is C29H52N2O2S2. The number of morpholine rings is 2. The lowest BCUT2D eigenvalue weighted by molar-refractivity contribution is -0.0253. The van der Waals surface area contributed by atoms with Crippen LogP contribution in [0.1, 0.15) is 73.6 Å². The fourth-order valence-electron chi connectivity index (χ4n) is 9.83. The molecular weight excluding hydrogens is 472 g/mol. The van der Waals surface area contributed by atoms with Gasteiger partial charge >= 0.3 is 0 Å². The highest BCUT2D eigenvalue weighted by Gasteiger charge is 2.66. The minimum absolute atomic E-state index is 0. The fourth-order valence-corrected chi connectivity index (χ4v) is 13.6. The van der Waals surface area contributed by atoms with Crippen molar-refractivity contribution in [3.05, 3.63) is 0 Å². The predicted molar refractivity (Wildman–Crippen MR) is 151 cm³/mol. The summed E-state index contributed by atoms with van der Waals surface area (Å²) in [7, 11) is 4.51. The third-order valence-electron chi connectivity index (χ3n) is 12.5. The first-order chi connectivity index (χ1) is 16.3. The number of hydrogen-bond donors (Lipinski definition) is 0. The Hall–Kier alpha value is 0.540. The largest absolute Gasteiger partial charge is 0.379 e. The Morgan fingerprint density at radius 2 is 1.03 bits per heavy atom. The first kappa shape index (κ1) is 27.1. The van der Waals surface area contributed by atoms with Crippen LogP contribution in [0.2, 0.25) is 0 Å². The van der Waals surface area contributed by atoms with Gasteiger partial charge in [-0.3, -0.25) is 9.80 Å². The average molecular weight is 525 g/mol. The molecule has 6 heteroatoms. The molecule has 6 rings (SSSR count). The Bertz CT molecular complexity index is 689. The smallest absolute Gasteiger partial charge is 0.0594 e. The Kier molecular flexibility index (Phi) is 7.70. The van der Waals surface area contributed by atoms with Gasteiger partial charge < -0.3 is 9.47 Å². The van der Waals surface area contributed by atoms with Crippen LogP contribution in [0.4, 0.5) is 0 Å². The van der Waals surface area contributed by atoms with Crippen molar-refractivity contribution < 1.29 is 9.47 Å². The van der Waals surface area contributed by atoms with Gasteiger partial charge in [-0.1, -0.05) is 56.7 Å². The standard InChI is InChI=1S/C28H48N2O2S2.CH4/c1-25(2)21-5-7-27(25,23(17-21)29-9-13-31-14-10-29)19-33-34-20-28-8-6-22(26(28,3)4)18-24(28)30-11-15-32-16-12-30;/h21-24H,5-20H2,1-4H3;1H4. The number of nitrogens with zero attached hydrogens (tertiary/aromatic N) is 2. The van der Waals surface area contributed by atoms with Crippen molar-refractivity contribution in [3.8, 4) is 0 Å². The van der Waals surface area contributed by atoms with E-state index in [0.29, 0.717) is 21.7 Å². The molecule has 2 aliphatic heterocycles. The van der Waals surface area contributed by atoms with Crippen LogP contribution in [0, 0.1) is 33.5 Å². The maximum atomic E-state index is 5.72. The van der Waals surface area contributed by atoms with E-state index < -0.39 is 0 Å². The van der Waals surface area contributed by atoms with E-state index in [9.17, 15) is 0 Å². The van der Waals surface area contributed by atoms with Gasteiger partial charge in [-0.15, -0.1) is 0 Å². The van der Waals surface area contributed by atoms with E-state index in [1.54, 1.807) is 0 Å². The molecule has 0 amide bonds. The van der Waals surface area contributed by atoms with Crippen LogP contribution >= 0.6 is 21.6 Å². The fraction of sp³-hybridized carbons (Fsp3) is 1.00. The zero-order chi connectivity index (χ0) is 23.6. The molecule has 4 nitrogen and oxygen atoms in total. The Morgan fingerprint density at radius 1 is 0.657 bits per heavy atom. The highest BCUT2D eigenvalue weighted by Crippen LogP contribution is 2.70. The van der Waals surface area contributed by atoms with E-state index in [1.807, 2.05) is 0 Å². The van der Waals surface area contributed by atoms with Gasteiger partial charge in [0.1, 0.15) is 0 Å². The quantitative estimate of drug-likeness (QED) is 0.297. The predicted octanol–water partition coefficient (Wildman–Crippen LogP) is 6.06. The summed E-state index contributed by atoms with van der Waals surface area (Å²) in [5.74, 6) is 4.51. The third kappa shape index (κ3) is 4.01. The molecule has 4 aliphatic carbocycles. The molecule has 0 spiro atoms. The van der Waals surface area contributed by atoms with Crippen molar-refractivity contribution in [3.63, 3.8) is 0 Å². The highest BCUT2D eigenvalue weighted by atomic mass is 33.1. The minimum atomic E-state index is 0. The molecule has 4 bridgehead atoms. The topological polar surface area (TPSA) is 24.9 Å². The van der Waals surface area contributed by atoms with E-state index in [0.717, 1.165) is 76.5 Å².